The van der Waals surface area contributed by atoms with E-state index in [4.69, 9.17) is 0 Å². The number of benzene rings is 2. The Morgan fingerprint density at radius 3 is 2.19 bits per heavy atom. The van der Waals surface area contributed by atoms with Crippen molar-refractivity contribution in [1.29, 1.82) is 0 Å². The molecule has 1 heterocycles. The third-order valence-corrected chi connectivity index (χ3v) is 6.48. The Morgan fingerprint density at radius 2 is 1.54 bits per heavy atom. The van der Waals surface area contributed by atoms with Crippen molar-refractivity contribution in [2.24, 2.45) is 0 Å². The molecule has 0 aliphatic carbocycles. The van der Waals surface area contributed by atoms with Gasteiger partial charge in [0.2, 0.25) is 0 Å². The van der Waals surface area contributed by atoms with E-state index in [0.29, 0.717) is 0 Å². The Balaban J connectivity index is 1.85. The molecule has 1 aromatic heterocycles. The number of hydrogen-bond donors (Lipinski definition) is 0. The summed E-state index contributed by atoms with van der Waals surface area (Å²) >= 11 is 2.80. The summed E-state index contributed by atoms with van der Waals surface area (Å²) in [5, 5.41) is 0. The van der Waals surface area contributed by atoms with Crippen LogP contribution in [0.25, 0.3) is 0 Å². The normalized spacial score (nSPS) is 12.7. The number of alkyl halides is 3. The monoisotopic (exact) mass is 391 g/mol. The molecule has 2 aromatic carbocycles. The van der Waals surface area contributed by atoms with E-state index in [1.807, 2.05) is 60.7 Å². The van der Waals surface area contributed by atoms with Gasteiger partial charge in [-0.25, -0.2) is 0 Å². The van der Waals surface area contributed by atoms with Crippen LogP contribution in [0.4, 0.5) is 13.2 Å². The minimum atomic E-state index is -4.39. The van der Waals surface area contributed by atoms with Gasteiger partial charge in [-0.1, -0.05) is 60.7 Å². The lowest BCUT2D eigenvalue weighted by Gasteiger charge is -2.19. The number of hydrogen-bond acceptors (Lipinski definition) is 3. The molecule has 0 bridgehead atoms. The molecule has 6 heteroatoms. The second kappa shape index (κ2) is 8.64. The van der Waals surface area contributed by atoms with Crippen molar-refractivity contribution in [2.75, 3.05) is 0 Å². The lowest BCUT2D eigenvalue weighted by molar-refractivity contribution is -0.139. The van der Waals surface area contributed by atoms with Crippen LogP contribution in [0.3, 0.4) is 0 Å². The molecule has 3 aromatic rings. The van der Waals surface area contributed by atoms with E-state index < -0.39 is 11.7 Å². The van der Waals surface area contributed by atoms with Crippen molar-refractivity contribution >= 4 is 23.5 Å². The standard InChI is InChI=1S/C20H16F3NS2/c21-20(22,23)17-11-12-24-13-18(17)26-19(16-9-5-2-6-10-16)25-14-15-7-3-1-4-8-15/h1-13,19H,14H2. The molecule has 0 aliphatic heterocycles. The molecule has 1 unspecified atom stereocenters. The van der Waals surface area contributed by atoms with Crippen molar-refractivity contribution in [3.63, 3.8) is 0 Å². The van der Waals surface area contributed by atoms with Crippen molar-refractivity contribution in [3.05, 3.63) is 95.8 Å². The average molecular weight is 391 g/mol. The Hall–Kier alpha value is -1.92. The highest BCUT2D eigenvalue weighted by Crippen LogP contribution is 2.48. The molecule has 1 atom stereocenters. The van der Waals surface area contributed by atoms with Crippen LogP contribution in [0.5, 0.6) is 0 Å². The third kappa shape index (κ3) is 5.05. The van der Waals surface area contributed by atoms with Crippen LogP contribution < -0.4 is 0 Å². The van der Waals surface area contributed by atoms with Crippen molar-refractivity contribution in [1.82, 2.24) is 4.98 Å². The van der Waals surface area contributed by atoms with Gasteiger partial charge in [-0.05, 0) is 17.2 Å². The van der Waals surface area contributed by atoms with Gasteiger partial charge in [-0.2, -0.15) is 13.2 Å². The van der Waals surface area contributed by atoms with Crippen molar-refractivity contribution in [3.8, 4) is 0 Å². The molecule has 26 heavy (non-hydrogen) atoms. The predicted molar refractivity (Wildman–Crippen MR) is 102 cm³/mol. The van der Waals surface area contributed by atoms with Crippen LogP contribution in [-0.4, -0.2) is 4.98 Å². The highest BCUT2D eigenvalue weighted by atomic mass is 32.2. The van der Waals surface area contributed by atoms with E-state index in [-0.39, 0.29) is 9.48 Å². The molecule has 1 nitrogen and oxygen atoms in total. The zero-order valence-electron chi connectivity index (χ0n) is 13.7. The maximum absolute atomic E-state index is 13.3. The minimum Gasteiger partial charge on any atom is -0.264 e. The van der Waals surface area contributed by atoms with Crippen LogP contribution >= 0.6 is 23.5 Å². The van der Waals surface area contributed by atoms with Crippen molar-refractivity contribution in [2.45, 2.75) is 21.4 Å². The molecule has 0 fully saturated rings. The largest absolute Gasteiger partial charge is 0.417 e. The lowest BCUT2D eigenvalue weighted by atomic mass is 10.2. The van der Waals surface area contributed by atoms with Gasteiger partial charge in [0.25, 0.3) is 0 Å². The zero-order valence-corrected chi connectivity index (χ0v) is 15.3. The maximum atomic E-state index is 13.3. The highest BCUT2D eigenvalue weighted by molar-refractivity contribution is 8.16. The fourth-order valence-electron chi connectivity index (χ4n) is 2.38. The number of aromatic nitrogens is 1. The smallest absolute Gasteiger partial charge is 0.264 e. The summed E-state index contributed by atoms with van der Waals surface area (Å²) in [5.41, 5.74) is 1.48. The molecule has 0 spiro atoms. The van der Waals surface area contributed by atoms with Crippen molar-refractivity contribution < 1.29 is 13.2 Å². The first-order valence-electron chi connectivity index (χ1n) is 7.92. The molecule has 0 amide bonds. The molecule has 0 saturated carbocycles. The lowest BCUT2D eigenvalue weighted by Crippen LogP contribution is -2.07. The molecule has 134 valence electrons. The van der Waals surface area contributed by atoms with Gasteiger partial charge >= 0.3 is 6.18 Å². The highest BCUT2D eigenvalue weighted by Gasteiger charge is 2.34. The molecular formula is C20H16F3NS2. The van der Waals surface area contributed by atoms with Gasteiger partial charge in [-0.3, -0.25) is 4.98 Å². The maximum Gasteiger partial charge on any atom is 0.417 e. The van der Waals surface area contributed by atoms with Crippen LogP contribution in [0.15, 0.2) is 84.0 Å². The number of rotatable bonds is 6. The fourth-order valence-corrected chi connectivity index (χ4v) is 5.01. The van der Waals surface area contributed by atoms with Crippen LogP contribution in [0.2, 0.25) is 0 Å². The predicted octanol–water partition coefficient (Wildman–Crippen LogP) is 6.82. The van der Waals surface area contributed by atoms with Gasteiger partial charge in [0.05, 0.1) is 10.1 Å². The van der Waals surface area contributed by atoms with E-state index >= 15 is 0 Å². The number of thioether (sulfide) groups is 2. The van der Waals surface area contributed by atoms with E-state index in [0.717, 1.165) is 22.9 Å². The molecule has 0 N–H and O–H groups in total. The summed E-state index contributed by atoms with van der Waals surface area (Å²) in [4.78, 5) is 4.04. The first-order chi connectivity index (χ1) is 12.5. The minimum absolute atomic E-state index is 0.148. The second-order valence-electron chi connectivity index (χ2n) is 5.53. The van der Waals surface area contributed by atoms with Gasteiger partial charge in [0, 0.05) is 23.0 Å². The summed E-state index contributed by atoms with van der Waals surface area (Å²) in [6.45, 7) is 0. The van der Waals surface area contributed by atoms with Crippen LogP contribution in [0.1, 0.15) is 21.3 Å². The van der Waals surface area contributed by atoms with Gasteiger partial charge in [0.1, 0.15) is 0 Å². The second-order valence-corrected chi connectivity index (χ2v) is 8.07. The van der Waals surface area contributed by atoms with Gasteiger partial charge in [0.15, 0.2) is 0 Å². The SMILES string of the molecule is FC(F)(F)c1ccncc1SC(SCc1ccccc1)c1ccccc1. The summed E-state index contributed by atoms with van der Waals surface area (Å²) in [7, 11) is 0. The topological polar surface area (TPSA) is 12.9 Å². The molecule has 0 aliphatic rings. The van der Waals surface area contributed by atoms with Crippen LogP contribution in [0, 0.1) is 0 Å². The first kappa shape index (κ1) is 18.9. The number of pyridine rings is 1. The fraction of sp³-hybridized carbons (Fsp3) is 0.150. The summed E-state index contributed by atoms with van der Waals surface area (Å²) in [6, 6.07) is 20.5. The molecule has 0 saturated heterocycles. The Morgan fingerprint density at radius 1 is 0.885 bits per heavy atom. The quantitative estimate of drug-likeness (QED) is 0.338. The summed E-state index contributed by atoms with van der Waals surface area (Å²) in [5.74, 6) is 0.717. The van der Waals surface area contributed by atoms with Gasteiger partial charge < -0.3 is 0 Å². The van der Waals surface area contributed by atoms with E-state index in [1.54, 1.807) is 11.8 Å². The Labute approximate surface area is 159 Å². The molecule has 0 radical (unpaired) electrons. The van der Waals surface area contributed by atoms with E-state index in [9.17, 15) is 13.2 Å². The number of nitrogens with zero attached hydrogens (tertiary/aromatic N) is 1. The van der Waals surface area contributed by atoms with E-state index in [1.165, 1.54) is 24.2 Å². The average Bonchev–Trinajstić information content (AvgIpc) is 2.66. The Bertz CT molecular complexity index is 823. The summed E-state index contributed by atoms with van der Waals surface area (Å²) < 4.78 is 39.7. The van der Waals surface area contributed by atoms with Gasteiger partial charge in [-0.15, -0.1) is 23.5 Å². The number of halogens is 3. The Kier molecular flexibility index (Phi) is 6.27. The molecule has 3 rings (SSSR count). The third-order valence-electron chi connectivity index (χ3n) is 3.64. The summed E-state index contributed by atoms with van der Waals surface area (Å²) in [6.07, 6.45) is -1.91. The molecular weight excluding hydrogens is 375 g/mol. The zero-order chi connectivity index (χ0) is 18.4. The van der Waals surface area contributed by atoms with E-state index in [2.05, 4.69) is 4.98 Å². The first-order valence-corrected chi connectivity index (χ1v) is 9.85. The van der Waals surface area contributed by atoms with Crippen LogP contribution in [-0.2, 0) is 11.9 Å².